The molecule has 0 unspecified atom stereocenters. The van der Waals surface area contributed by atoms with Gasteiger partial charge in [-0.15, -0.1) is 0 Å². The zero-order valence-electron chi connectivity index (χ0n) is 11.1. The Kier molecular flexibility index (Phi) is 4.86. The Bertz CT molecular complexity index is 526. The topological polar surface area (TPSA) is 29.3 Å². The van der Waals surface area contributed by atoms with Gasteiger partial charge in [0.1, 0.15) is 0 Å². The van der Waals surface area contributed by atoms with Crippen LogP contribution in [0.15, 0.2) is 53.0 Å². The van der Waals surface area contributed by atoms with Crippen LogP contribution in [0.2, 0.25) is 0 Å². The van der Waals surface area contributed by atoms with Crippen LogP contribution in [0.3, 0.4) is 0 Å². The number of halogens is 1. The summed E-state index contributed by atoms with van der Waals surface area (Å²) in [6.45, 7) is 4.08. The maximum Gasteiger partial charge on any atom is 0.0603 e. The van der Waals surface area contributed by atoms with Crippen LogP contribution in [0.1, 0.15) is 18.9 Å². The van der Waals surface area contributed by atoms with Gasteiger partial charge in [-0.1, -0.05) is 53.2 Å². The van der Waals surface area contributed by atoms with E-state index in [-0.39, 0.29) is 0 Å². The van der Waals surface area contributed by atoms with Crippen LogP contribution in [0, 0.1) is 0 Å². The zero-order chi connectivity index (χ0) is 13.7. The number of benzene rings is 2. The van der Waals surface area contributed by atoms with Gasteiger partial charge in [0.2, 0.25) is 0 Å². The van der Waals surface area contributed by atoms with Gasteiger partial charge in [-0.05, 0) is 30.2 Å². The largest absolute Gasteiger partial charge is 0.397 e. The third-order valence-corrected chi connectivity index (χ3v) is 3.53. The molecule has 2 rings (SSSR count). The molecule has 0 aromatic heterocycles. The van der Waals surface area contributed by atoms with Crippen molar-refractivity contribution in [1.29, 1.82) is 0 Å². The molecule has 0 bridgehead atoms. The Morgan fingerprint density at radius 2 is 1.84 bits per heavy atom. The van der Waals surface area contributed by atoms with Crippen molar-refractivity contribution in [2.45, 2.75) is 19.9 Å². The van der Waals surface area contributed by atoms with Crippen LogP contribution < -0.4 is 10.6 Å². The third-order valence-electron chi connectivity index (χ3n) is 3.04. The lowest BCUT2D eigenvalue weighted by Gasteiger charge is -2.26. The molecular weight excluding hydrogens is 300 g/mol. The third kappa shape index (κ3) is 3.74. The van der Waals surface area contributed by atoms with E-state index in [1.54, 1.807) is 0 Å². The summed E-state index contributed by atoms with van der Waals surface area (Å²) in [5.74, 6) is 0. The number of hydrogen-bond donors (Lipinski definition) is 1. The number of nitrogens with two attached hydrogens (primary N) is 1. The first-order valence-corrected chi connectivity index (χ1v) is 7.34. The van der Waals surface area contributed by atoms with E-state index in [0.717, 1.165) is 35.4 Å². The molecule has 0 aliphatic heterocycles. The predicted molar refractivity (Wildman–Crippen MR) is 86.3 cm³/mol. The van der Waals surface area contributed by atoms with Crippen LogP contribution >= 0.6 is 15.9 Å². The fraction of sp³-hybridized carbons (Fsp3) is 0.250. The Hall–Kier alpha value is -1.48. The summed E-state index contributed by atoms with van der Waals surface area (Å²) in [6, 6.07) is 16.6. The van der Waals surface area contributed by atoms with E-state index in [9.17, 15) is 0 Å². The van der Waals surface area contributed by atoms with Gasteiger partial charge in [-0.2, -0.15) is 0 Å². The Labute approximate surface area is 123 Å². The quantitative estimate of drug-likeness (QED) is 0.825. The molecule has 0 amide bonds. The maximum absolute atomic E-state index is 6.13. The smallest absolute Gasteiger partial charge is 0.0603 e. The van der Waals surface area contributed by atoms with Gasteiger partial charge in [-0.25, -0.2) is 0 Å². The molecule has 2 nitrogen and oxygen atoms in total. The molecule has 0 saturated carbocycles. The second-order valence-corrected chi connectivity index (χ2v) is 5.53. The van der Waals surface area contributed by atoms with Crippen molar-refractivity contribution in [3.63, 3.8) is 0 Å². The number of anilines is 2. The van der Waals surface area contributed by atoms with Crippen LogP contribution in [0.5, 0.6) is 0 Å². The van der Waals surface area contributed by atoms with Crippen molar-refractivity contribution in [2.24, 2.45) is 0 Å². The normalized spacial score (nSPS) is 10.4. The number of rotatable bonds is 5. The van der Waals surface area contributed by atoms with Crippen molar-refractivity contribution in [1.82, 2.24) is 0 Å². The minimum atomic E-state index is 0.818. The molecule has 3 heteroatoms. The van der Waals surface area contributed by atoms with Crippen LogP contribution in [-0.4, -0.2) is 6.54 Å². The van der Waals surface area contributed by atoms with Crippen molar-refractivity contribution in [2.75, 3.05) is 17.2 Å². The highest BCUT2D eigenvalue weighted by atomic mass is 79.9. The standard InChI is InChI=1S/C16H19BrN2/c1-2-10-19(12-13-6-4-3-5-7-13)16-9-8-14(17)11-15(16)18/h3-9,11H,2,10,12,18H2,1H3. The average Bonchev–Trinajstić information content (AvgIpc) is 2.39. The van der Waals surface area contributed by atoms with Crippen molar-refractivity contribution < 1.29 is 0 Å². The maximum atomic E-state index is 6.13. The lowest BCUT2D eigenvalue weighted by atomic mass is 10.1. The SMILES string of the molecule is CCCN(Cc1ccccc1)c1ccc(Br)cc1N. The van der Waals surface area contributed by atoms with Gasteiger partial charge >= 0.3 is 0 Å². The van der Waals surface area contributed by atoms with Crippen LogP contribution in [0.25, 0.3) is 0 Å². The Morgan fingerprint density at radius 1 is 1.11 bits per heavy atom. The minimum Gasteiger partial charge on any atom is -0.397 e. The van der Waals surface area contributed by atoms with E-state index in [0.29, 0.717) is 0 Å². The summed E-state index contributed by atoms with van der Waals surface area (Å²) >= 11 is 3.45. The van der Waals surface area contributed by atoms with Crippen molar-refractivity contribution in [3.8, 4) is 0 Å². The molecule has 0 spiro atoms. The van der Waals surface area contributed by atoms with Gasteiger partial charge in [0.25, 0.3) is 0 Å². The first kappa shape index (κ1) is 13.9. The summed E-state index contributed by atoms with van der Waals surface area (Å²) in [5, 5.41) is 0. The average molecular weight is 319 g/mol. The molecule has 2 N–H and O–H groups in total. The van der Waals surface area contributed by atoms with E-state index in [1.165, 1.54) is 5.56 Å². The lowest BCUT2D eigenvalue weighted by molar-refractivity contribution is 0.768. The molecule has 100 valence electrons. The summed E-state index contributed by atoms with van der Waals surface area (Å²) < 4.78 is 1.02. The Balaban J connectivity index is 2.24. The zero-order valence-corrected chi connectivity index (χ0v) is 12.7. The van der Waals surface area contributed by atoms with E-state index in [4.69, 9.17) is 5.73 Å². The van der Waals surface area contributed by atoms with Gasteiger partial charge < -0.3 is 10.6 Å². The second-order valence-electron chi connectivity index (χ2n) is 4.61. The molecule has 2 aromatic rings. The molecule has 0 aliphatic rings. The first-order chi connectivity index (χ1) is 9.20. The number of nitrogen functional groups attached to an aromatic ring is 1. The van der Waals surface area contributed by atoms with Crippen molar-refractivity contribution >= 4 is 27.3 Å². The summed E-state index contributed by atoms with van der Waals surface area (Å²) in [6.07, 6.45) is 1.10. The van der Waals surface area contributed by atoms with Gasteiger partial charge in [0, 0.05) is 17.6 Å². The van der Waals surface area contributed by atoms with Gasteiger partial charge in [-0.3, -0.25) is 0 Å². The molecule has 0 radical (unpaired) electrons. The summed E-state index contributed by atoms with van der Waals surface area (Å²) in [4.78, 5) is 2.33. The lowest BCUT2D eigenvalue weighted by Crippen LogP contribution is -2.24. The summed E-state index contributed by atoms with van der Waals surface area (Å²) in [5.41, 5.74) is 9.36. The summed E-state index contributed by atoms with van der Waals surface area (Å²) in [7, 11) is 0. The molecule has 19 heavy (non-hydrogen) atoms. The van der Waals surface area contributed by atoms with Gasteiger partial charge in [0.15, 0.2) is 0 Å². The predicted octanol–water partition coefficient (Wildman–Crippen LogP) is 4.45. The molecular formula is C16H19BrN2. The molecule has 0 heterocycles. The van der Waals surface area contributed by atoms with Crippen LogP contribution in [-0.2, 0) is 6.54 Å². The van der Waals surface area contributed by atoms with Crippen molar-refractivity contribution in [3.05, 3.63) is 58.6 Å². The van der Waals surface area contributed by atoms with E-state index < -0.39 is 0 Å². The van der Waals surface area contributed by atoms with E-state index >= 15 is 0 Å². The van der Waals surface area contributed by atoms with Gasteiger partial charge in [0.05, 0.1) is 11.4 Å². The molecule has 0 fully saturated rings. The fourth-order valence-corrected chi connectivity index (χ4v) is 2.55. The number of nitrogens with zero attached hydrogens (tertiary/aromatic N) is 1. The highest BCUT2D eigenvalue weighted by molar-refractivity contribution is 9.10. The van der Waals surface area contributed by atoms with Crippen LogP contribution in [0.4, 0.5) is 11.4 Å². The highest BCUT2D eigenvalue weighted by Gasteiger charge is 2.10. The first-order valence-electron chi connectivity index (χ1n) is 6.54. The fourth-order valence-electron chi connectivity index (χ4n) is 2.17. The second kappa shape index (κ2) is 6.62. The minimum absolute atomic E-state index is 0.818. The molecule has 0 aliphatic carbocycles. The molecule has 2 aromatic carbocycles. The van der Waals surface area contributed by atoms with E-state index in [2.05, 4.69) is 58.1 Å². The van der Waals surface area contributed by atoms with E-state index in [1.807, 2.05) is 18.2 Å². The molecule has 0 saturated heterocycles. The monoisotopic (exact) mass is 318 g/mol. The molecule has 0 atom stereocenters. The Morgan fingerprint density at radius 3 is 2.47 bits per heavy atom. The highest BCUT2D eigenvalue weighted by Crippen LogP contribution is 2.28. The number of hydrogen-bond acceptors (Lipinski definition) is 2.